The van der Waals surface area contributed by atoms with E-state index in [2.05, 4.69) is 16.8 Å². The lowest BCUT2D eigenvalue weighted by Crippen LogP contribution is -2.34. The summed E-state index contributed by atoms with van der Waals surface area (Å²) in [7, 11) is 4.01. The Bertz CT molecular complexity index is 364. The van der Waals surface area contributed by atoms with Crippen LogP contribution in [0.5, 0.6) is 0 Å². The van der Waals surface area contributed by atoms with Crippen LogP contribution in [0.15, 0.2) is 12.4 Å². The lowest BCUT2D eigenvalue weighted by atomic mass is 9.95. The molecule has 1 aromatic rings. The third-order valence-corrected chi connectivity index (χ3v) is 3.47. The minimum atomic E-state index is 0.552. The van der Waals surface area contributed by atoms with Gasteiger partial charge in [0.1, 0.15) is 5.82 Å². The van der Waals surface area contributed by atoms with Crippen molar-refractivity contribution in [1.29, 1.82) is 0 Å². The SMILES string of the molecule is CCN1CCCC(c2cncc(N(C)C)n2)C1. The molecule has 0 aliphatic carbocycles. The minimum absolute atomic E-state index is 0.552. The summed E-state index contributed by atoms with van der Waals surface area (Å²) in [6.45, 7) is 5.72. The van der Waals surface area contributed by atoms with Crippen LogP contribution in [0.4, 0.5) is 5.82 Å². The third kappa shape index (κ3) is 2.94. The fourth-order valence-electron chi connectivity index (χ4n) is 2.37. The Hall–Kier alpha value is -1.16. The summed E-state index contributed by atoms with van der Waals surface area (Å²) in [5.41, 5.74) is 1.15. The van der Waals surface area contributed by atoms with E-state index in [0.717, 1.165) is 24.6 Å². The van der Waals surface area contributed by atoms with Gasteiger partial charge in [0.25, 0.3) is 0 Å². The van der Waals surface area contributed by atoms with Gasteiger partial charge in [-0.05, 0) is 25.9 Å². The minimum Gasteiger partial charge on any atom is -0.361 e. The van der Waals surface area contributed by atoms with Crippen LogP contribution < -0.4 is 4.90 Å². The number of likely N-dealkylation sites (tertiary alicyclic amines) is 1. The smallest absolute Gasteiger partial charge is 0.146 e. The molecule has 1 aliphatic heterocycles. The lowest BCUT2D eigenvalue weighted by Gasteiger charge is -2.31. The zero-order chi connectivity index (χ0) is 12.3. The van der Waals surface area contributed by atoms with Gasteiger partial charge < -0.3 is 9.80 Å². The number of nitrogens with zero attached hydrogens (tertiary/aromatic N) is 4. The van der Waals surface area contributed by atoms with Crippen LogP contribution in [-0.4, -0.2) is 48.6 Å². The topological polar surface area (TPSA) is 32.3 Å². The van der Waals surface area contributed by atoms with E-state index in [0.29, 0.717) is 5.92 Å². The summed E-state index contributed by atoms with van der Waals surface area (Å²) < 4.78 is 0. The second-order valence-electron chi connectivity index (χ2n) is 4.93. The summed E-state index contributed by atoms with van der Waals surface area (Å²) in [6, 6.07) is 0. The van der Waals surface area contributed by atoms with Crippen molar-refractivity contribution in [3.63, 3.8) is 0 Å². The molecule has 4 heteroatoms. The maximum Gasteiger partial charge on any atom is 0.146 e. The highest BCUT2D eigenvalue weighted by Crippen LogP contribution is 2.25. The van der Waals surface area contributed by atoms with Crippen LogP contribution in [-0.2, 0) is 0 Å². The first-order chi connectivity index (χ1) is 8.20. The van der Waals surface area contributed by atoms with E-state index in [1.807, 2.05) is 31.4 Å². The molecule has 2 rings (SSSR count). The van der Waals surface area contributed by atoms with Crippen molar-refractivity contribution in [2.45, 2.75) is 25.7 Å². The maximum absolute atomic E-state index is 4.70. The molecule has 0 amide bonds. The van der Waals surface area contributed by atoms with Gasteiger partial charge in [-0.25, -0.2) is 4.98 Å². The first-order valence-corrected chi connectivity index (χ1v) is 6.42. The molecule has 0 N–H and O–H groups in total. The molecular weight excluding hydrogens is 212 g/mol. The van der Waals surface area contributed by atoms with Crippen molar-refractivity contribution in [1.82, 2.24) is 14.9 Å². The highest BCUT2D eigenvalue weighted by Gasteiger charge is 2.21. The quantitative estimate of drug-likeness (QED) is 0.797. The fraction of sp³-hybridized carbons (Fsp3) is 0.692. The van der Waals surface area contributed by atoms with Crippen molar-refractivity contribution >= 4 is 5.82 Å². The molecule has 0 bridgehead atoms. The van der Waals surface area contributed by atoms with Crippen molar-refractivity contribution in [2.24, 2.45) is 0 Å². The molecule has 1 saturated heterocycles. The number of hydrogen-bond acceptors (Lipinski definition) is 4. The summed E-state index contributed by atoms with van der Waals surface area (Å²) in [4.78, 5) is 13.5. The number of rotatable bonds is 3. The molecule has 1 aliphatic rings. The van der Waals surface area contributed by atoms with Gasteiger partial charge in [0.15, 0.2) is 0 Å². The van der Waals surface area contributed by atoms with Gasteiger partial charge in [0.2, 0.25) is 0 Å². The lowest BCUT2D eigenvalue weighted by molar-refractivity contribution is 0.216. The molecule has 1 aromatic heterocycles. The number of piperidine rings is 1. The number of aromatic nitrogens is 2. The van der Waals surface area contributed by atoms with Gasteiger partial charge in [-0.15, -0.1) is 0 Å². The largest absolute Gasteiger partial charge is 0.361 e. The van der Waals surface area contributed by atoms with E-state index in [9.17, 15) is 0 Å². The fourth-order valence-corrected chi connectivity index (χ4v) is 2.37. The molecule has 0 radical (unpaired) electrons. The Balaban J connectivity index is 2.13. The summed E-state index contributed by atoms with van der Waals surface area (Å²) in [5.74, 6) is 1.51. The van der Waals surface area contributed by atoms with E-state index in [4.69, 9.17) is 4.98 Å². The summed E-state index contributed by atoms with van der Waals surface area (Å²) >= 11 is 0. The normalized spacial score (nSPS) is 21.5. The van der Waals surface area contributed by atoms with Gasteiger partial charge in [-0.3, -0.25) is 4.98 Å². The van der Waals surface area contributed by atoms with Gasteiger partial charge in [-0.2, -0.15) is 0 Å². The molecule has 17 heavy (non-hydrogen) atoms. The number of hydrogen-bond donors (Lipinski definition) is 0. The van der Waals surface area contributed by atoms with Crippen molar-refractivity contribution in [3.05, 3.63) is 18.1 Å². The predicted octanol–water partition coefficient (Wildman–Crippen LogP) is 1.74. The Morgan fingerprint density at radius 3 is 2.94 bits per heavy atom. The highest BCUT2D eigenvalue weighted by atomic mass is 15.2. The zero-order valence-corrected chi connectivity index (χ0v) is 11.1. The molecule has 1 atom stereocenters. The third-order valence-electron chi connectivity index (χ3n) is 3.47. The highest BCUT2D eigenvalue weighted by molar-refractivity contribution is 5.34. The average Bonchev–Trinajstić information content (AvgIpc) is 2.39. The van der Waals surface area contributed by atoms with E-state index < -0.39 is 0 Å². The van der Waals surface area contributed by atoms with Gasteiger partial charge >= 0.3 is 0 Å². The van der Waals surface area contributed by atoms with Gasteiger partial charge in [0.05, 0.1) is 11.9 Å². The first kappa shape index (κ1) is 12.3. The maximum atomic E-state index is 4.70. The Morgan fingerprint density at radius 2 is 2.24 bits per heavy atom. The van der Waals surface area contributed by atoms with Crippen molar-refractivity contribution in [3.8, 4) is 0 Å². The van der Waals surface area contributed by atoms with E-state index in [-0.39, 0.29) is 0 Å². The molecule has 4 nitrogen and oxygen atoms in total. The average molecular weight is 234 g/mol. The van der Waals surface area contributed by atoms with Crippen LogP contribution >= 0.6 is 0 Å². The van der Waals surface area contributed by atoms with Crippen molar-refractivity contribution in [2.75, 3.05) is 38.6 Å². The van der Waals surface area contributed by atoms with Crippen LogP contribution in [0.25, 0.3) is 0 Å². The standard InChI is InChI=1S/C13H22N4/c1-4-17-7-5-6-11(10-17)12-8-14-9-13(15-12)16(2)3/h8-9,11H,4-7,10H2,1-3H3. The van der Waals surface area contributed by atoms with Gasteiger partial charge in [-0.1, -0.05) is 6.92 Å². The Labute approximate surface area is 104 Å². The summed E-state index contributed by atoms with van der Waals surface area (Å²) in [6.07, 6.45) is 6.26. The number of anilines is 1. The Kier molecular flexibility index (Phi) is 3.94. The molecular formula is C13H22N4. The first-order valence-electron chi connectivity index (χ1n) is 6.42. The predicted molar refractivity (Wildman–Crippen MR) is 70.4 cm³/mol. The molecule has 0 aromatic carbocycles. The van der Waals surface area contributed by atoms with Crippen LogP contribution in [0, 0.1) is 0 Å². The van der Waals surface area contributed by atoms with Crippen LogP contribution in [0.1, 0.15) is 31.4 Å². The summed E-state index contributed by atoms with van der Waals surface area (Å²) in [5, 5.41) is 0. The van der Waals surface area contributed by atoms with Crippen molar-refractivity contribution < 1.29 is 0 Å². The second kappa shape index (κ2) is 5.45. The van der Waals surface area contributed by atoms with Crippen LogP contribution in [0.3, 0.4) is 0 Å². The Morgan fingerprint density at radius 1 is 1.41 bits per heavy atom. The monoisotopic (exact) mass is 234 g/mol. The van der Waals surface area contributed by atoms with Gasteiger partial charge in [0, 0.05) is 32.8 Å². The van der Waals surface area contributed by atoms with E-state index >= 15 is 0 Å². The van der Waals surface area contributed by atoms with Crippen LogP contribution in [0.2, 0.25) is 0 Å². The number of likely N-dealkylation sites (N-methyl/N-ethyl adjacent to an activating group) is 1. The molecule has 1 unspecified atom stereocenters. The molecule has 94 valence electrons. The molecule has 2 heterocycles. The molecule has 0 spiro atoms. The van der Waals surface area contributed by atoms with E-state index in [1.165, 1.54) is 19.4 Å². The molecule has 1 fully saturated rings. The second-order valence-corrected chi connectivity index (χ2v) is 4.93. The molecule has 0 saturated carbocycles. The van der Waals surface area contributed by atoms with E-state index in [1.54, 1.807) is 0 Å². The zero-order valence-electron chi connectivity index (χ0n) is 11.1.